The second kappa shape index (κ2) is 17.3. The van der Waals surface area contributed by atoms with Gasteiger partial charge in [0.2, 0.25) is 0 Å². The van der Waals surface area contributed by atoms with Crippen molar-refractivity contribution in [1.29, 1.82) is 0 Å². The molecule has 0 saturated carbocycles. The van der Waals surface area contributed by atoms with Gasteiger partial charge in [-0.05, 0) is 33.7 Å². The molecule has 0 aliphatic heterocycles. The number of hydrogen-bond donors (Lipinski definition) is 0. The summed E-state index contributed by atoms with van der Waals surface area (Å²) in [6.07, 6.45) is 0. The van der Waals surface area contributed by atoms with Crippen molar-refractivity contribution >= 4 is 111 Å². The predicted molar refractivity (Wildman–Crippen MR) is 102 cm³/mol. The van der Waals surface area contributed by atoms with Gasteiger partial charge in [0.15, 0.2) is 0 Å². The first-order valence-electron chi connectivity index (χ1n) is 1.53. The molecule has 0 saturated heterocycles. The molecule has 0 fully saturated rings. The molecule has 0 N–H and O–H groups in total. The Labute approximate surface area is 151 Å². The molecule has 0 spiro atoms. The summed E-state index contributed by atoms with van der Waals surface area (Å²) in [5.41, 5.74) is 0. The van der Waals surface area contributed by atoms with Crippen molar-refractivity contribution in [2.24, 2.45) is 0 Å². The number of rotatable bonds is 0. The molecule has 0 unspecified atom stereocenters. The normalized spacial score (nSPS) is 10.2. The van der Waals surface area contributed by atoms with Crippen molar-refractivity contribution in [1.82, 2.24) is 0 Å². The molecular formula is C5H21Cl9OP2. The van der Waals surface area contributed by atoms with Crippen LogP contribution < -0.4 is 0 Å². The second-order valence-electron chi connectivity index (χ2n) is 1.04. The van der Waals surface area contributed by atoms with E-state index < -0.39 is 8.57 Å². The fourth-order valence-corrected chi connectivity index (χ4v) is 0. The Hall–Kier alpha value is 3.27. The number of halogens is 9. The zero-order chi connectivity index (χ0) is 9.95. The molecule has 0 aromatic carbocycles. The van der Waals surface area contributed by atoms with Gasteiger partial charge < -0.3 is 0 Å². The topological polar surface area (TPSA) is 17.1 Å². The maximum Gasteiger partial charge on any atom is 0.339 e. The summed E-state index contributed by atoms with van der Waals surface area (Å²) in [4.78, 5) is 0. The fraction of sp³-hybridized carbons (Fsp3) is 1.00. The van der Waals surface area contributed by atoms with Crippen LogP contribution in [0, 0.1) is 0 Å². The van der Waals surface area contributed by atoms with Gasteiger partial charge in [-0.25, -0.2) is 0 Å². The Balaban J connectivity index is -0.0000000118. The van der Waals surface area contributed by atoms with Crippen LogP contribution in [0.4, 0.5) is 0 Å². The molecule has 0 aliphatic rings. The molecule has 0 atom stereocenters. The Morgan fingerprint density at radius 2 is 0.647 bits per heavy atom. The molecule has 12 heteroatoms. The van der Waals surface area contributed by atoms with Gasteiger partial charge in [0.25, 0.3) is 0 Å². The van der Waals surface area contributed by atoms with Crippen molar-refractivity contribution in [2.75, 3.05) is 0 Å². The first-order chi connectivity index (χ1) is 4.24. The van der Waals surface area contributed by atoms with Crippen molar-refractivity contribution in [3.63, 3.8) is 0 Å². The third kappa shape index (κ3) is 537. The van der Waals surface area contributed by atoms with Crippen molar-refractivity contribution in [2.45, 2.75) is 37.1 Å². The third-order valence-electron chi connectivity index (χ3n) is 0. The van der Waals surface area contributed by atoms with E-state index >= 15 is 0 Å². The Morgan fingerprint density at radius 3 is 0.647 bits per heavy atom. The van der Waals surface area contributed by atoms with Crippen LogP contribution in [0.2, 0.25) is 0 Å². The van der Waals surface area contributed by atoms with E-state index in [1.54, 1.807) is 0 Å². The second-order valence-corrected chi connectivity index (χ2v) is 24.3. The van der Waals surface area contributed by atoms with Gasteiger partial charge in [0.05, 0.1) is 0 Å². The molecule has 1 nitrogen and oxygen atoms in total. The SMILES string of the molecule is C.C.C.C.C.Cl.ClP(Cl)(Cl)(Cl)Cl.O=P(Cl)(Cl)Cl. The molecular weight excluding hydrogens is 457 g/mol. The summed E-state index contributed by atoms with van der Waals surface area (Å²) in [5, 5.41) is -3.22. The van der Waals surface area contributed by atoms with E-state index in [9.17, 15) is 4.57 Å². The predicted octanol–water partition coefficient (Wildman–Crippen LogP) is 10.7. The smallest absolute Gasteiger partial charge is 0.271 e. The minimum absolute atomic E-state index is 0. The van der Waals surface area contributed by atoms with Crippen LogP contribution in [0.5, 0.6) is 0 Å². The van der Waals surface area contributed by atoms with Crippen LogP contribution in [0.3, 0.4) is 0 Å². The van der Waals surface area contributed by atoms with Crippen molar-refractivity contribution < 1.29 is 4.57 Å². The summed E-state index contributed by atoms with van der Waals surface area (Å²) >= 11 is 38.7. The van der Waals surface area contributed by atoms with E-state index in [-0.39, 0.29) is 49.5 Å². The molecule has 0 heterocycles. The third-order valence-corrected chi connectivity index (χ3v) is 0. The summed E-state index contributed by atoms with van der Waals surface area (Å²) in [7, 11) is 0. The standard InChI is InChI=1S/5CH4.Cl5P.Cl3OP.ClH/c;;;;;1-6(2,3,4)5;1-5(2,3)4;/h5*1H4;;;1H. The van der Waals surface area contributed by atoms with Crippen LogP contribution in [-0.2, 0) is 4.57 Å². The molecule has 120 valence electrons. The molecule has 0 aromatic heterocycles. The van der Waals surface area contributed by atoms with Crippen LogP contribution >= 0.6 is 111 Å². The first kappa shape index (κ1) is 50.0. The summed E-state index contributed by atoms with van der Waals surface area (Å²) in [6.45, 7) is 0. The maximum absolute atomic E-state index is 9.51. The first-order valence-corrected chi connectivity index (χ1v) is 12.7. The monoisotopic (exact) mass is 474 g/mol. The average Bonchev–Trinajstić information content (AvgIpc) is 1.07. The van der Waals surface area contributed by atoms with E-state index in [2.05, 4.69) is 33.7 Å². The number of hydrogen-bond acceptors (Lipinski definition) is 1. The molecule has 0 aromatic rings. The van der Waals surface area contributed by atoms with E-state index in [4.69, 9.17) is 56.2 Å². The fourth-order valence-electron chi connectivity index (χ4n) is 0. The summed E-state index contributed by atoms with van der Waals surface area (Å²) in [5.74, 6) is 0. The van der Waals surface area contributed by atoms with Gasteiger partial charge >= 0.3 is 64.8 Å². The van der Waals surface area contributed by atoms with Gasteiger partial charge in [0.1, 0.15) is 0 Å². The Bertz CT molecular complexity index is 147. The minimum Gasteiger partial charge on any atom is -0.271 e. The van der Waals surface area contributed by atoms with E-state index in [0.29, 0.717) is 0 Å². The van der Waals surface area contributed by atoms with E-state index in [0.717, 1.165) is 0 Å². The van der Waals surface area contributed by atoms with Crippen LogP contribution in [0.1, 0.15) is 37.1 Å². The molecule has 17 heavy (non-hydrogen) atoms. The molecule has 0 aliphatic carbocycles. The largest absolute Gasteiger partial charge is 0.339 e. The minimum atomic E-state index is -3.69. The van der Waals surface area contributed by atoms with Gasteiger partial charge in [-0.2, -0.15) is 0 Å². The van der Waals surface area contributed by atoms with Gasteiger partial charge in [0, 0.05) is 0 Å². The molecule has 0 radical (unpaired) electrons. The van der Waals surface area contributed by atoms with Gasteiger partial charge in [-0.3, -0.25) is 4.57 Å². The molecule has 0 bridgehead atoms. The van der Waals surface area contributed by atoms with Gasteiger partial charge in [-0.15, -0.1) is 12.4 Å². The van der Waals surface area contributed by atoms with Crippen molar-refractivity contribution in [3.05, 3.63) is 0 Å². The van der Waals surface area contributed by atoms with E-state index in [1.165, 1.54) is 0 Å². The van der Waals surface area contributed by atoms with E-state index in [1.807, 2.05) is 0 Å². The molecule has 0 rings (SSSR count). The average molecular weight is 478 g/mol. The quantitative estimate of drug-likeness (QED) is 0.317. The Morgan fingerprint density at radius 1 is 0.647 bits per heavy atom. The summed E-state index contributed by atoms with van der Waals surface area (Å²) in [6, 6.07) is 0. The molecule has 0 amide bonds. The van der Waals surface area contributed by atoms with Crippen LogP contribution in [0.25, 0.3) is 0 Å². The summed E-state index contributed by atoms with van der Waals surface area (Å²) < 4.78 is 5.82. The van der Waals surface area contributed by atoms with Gasteiger partial charge in [-0.1, -0.05) is 37.1 Å². The van der Waals surface area contributed by atoms with Crippen LogP contribution in [-0.4, -0.2) is 0 Å². The van der Waals surface area contributed by atoms with Crippen molar-refractivity contribution in [3.8, 4) is 0 Å². The Kier molecular flexibility index (Phi) is 50.9. The maximum atomic E-state index is 9.51. The zero-order valence-corrected chi connectivity index (χ0v) is 13.4. The zero-order valence-electron chi connectivity index (χ0n) is 4.73. The van der Waals surface area contributed by atoms with Crippen LogP contribution in [0.15, 0.2) is 0 Å².